The number of amides is 1. The van der Waals surface area contributed by atoms with Crippen LogP contribution in [0.2, 0.25) is 0 Å². The van der Waals surface area contributed by atoms with Gasteiger partial charge in [0.25, 0.3) is 0 Å². The Kier molecular flexibility index (Phi) is 3.56. The molecule has 3 N–H and O–H groups in total. The van der Waals surface area contributed by atoms with Crippen molar-refractivity contribution in [2.24, 2.45) is 11.7 Å². The van der Waals surface area contributed by atoms with E-state index in [4.69, 9.17) is 5.73 Å². The molecule has 88 valence electrons. The van der Waals surface area contributed by atoms with Crippen molar-refractivity contribution < 1.29 is 4.79 Å². The molecule has 2 unspecified atom stereocenters. The lowest BCUT2D eigenvalue weighted by Gasteiger charge is -2.14. The number of nitrogens with two attached hydrogens (primary N) is 1. The summed E-state index contributed by atoms with van der Waals surface area (Å²) in [6.07, 6.45) is 2.95. The van der Waals surface area contributed by atoms with Crippen LogP contribution in [0.3, 0.4) is 0 Å². The highest BCUT2D eigenvalue weighted by Crippen LogP contribution is 2.24. The average molecular weight is 239 g/mol. The third-order valence-electron chi connectivity index (χ3n) is 2.99. The Morgan fingerprint density at radius 1 is 1.69 bits per heavy atom. The highest BCUT2D eigenvalue weighted by Gasteiger charge is 2.29. The van der Waals surface area contributed by atoms with E-state index in [0.29, 0.717) is 6.54 Å². The average Bonchev–Trinajstić information content (AvgIpc) is 2.84. The van der Waals surface area contributed by atoms with Gasteiger partial charge < -0.3 is 11.1 Å². The molecule has 16 heavy (non-hydrogen) atoms. The Morgan fingerprint density at radius 2 is 2.50 bits per heavy atom. The second-order valence-corrected chi connectivity index (χ2v) is 5.24. The van der Waals surface area contributed by atoms with Gasteiger partial charge in [0.15, 0.2) is 0 Å². The highest BCUT2D eigenvalue weighted by atomic mass is 32.1. The smallest absolute Gasteiger partial charge is 0.225 e. The van der Waals surface area contributed by atoms with Crippen LogP contribution in [0.4, 0.5) is 0 Å². The van der Waals surface area contributed by atoms with E-state index in [2.05, 4.69) is 10.3 Å². The molecule has 4 nitrogen and oxygen atoms in total. The van der Waals surface area contributed by atoms with Gasteiger partial charge in [0, 0.05) is 17.1 Å². The second-order valence-electron chi connectivity index (χ2n) is 4.30. The molecule has 1 amide bonds. The van der Waals surface area contributed by atoms with E-state index in [1.54, 1.807) is 11.3 Å². The summed E-state index contributed by atoms with van der Waals surface area (Å²) in [7, 11) is 0. The van der Waals surface area contributed by atoms with Crippen LogP contribution in [0.25, 0.3) is 0 Å². The molecule has 0 aliphatic heterocycles. The van der Waals surface area contributed by atoms with Gasteiger partial charge in [-0.1, -0.05) is 6.42 Å². The molecule has 0 bridgehead atoms. The van der Waals surface area contributed by atoms with Gasteiger partial charge in [-0.25, -0.2) is 4.98 Å². The zero-order valence-corrected chi connectivity index (χ0v) is 10.2. The quantitative estimate of drug-likeness (QED) is 0.832. The number of thiazole rings is 1. The van der Waals surface area contributed by atoms with Crippen molar-refractivity contribution in [3.63, 3.8) is 0 Å². The summed E-state index contributed by atoms with van der Waals surface area (Å²) in [5.74, 6) is 0.0823. The predicted molar refractivity (Wildman–Crippen MR) is 64.0 cm³/mol. The zero-order valence-electron chi connectivity index (χ0n) is 9.40. The van der Waals surface area contributed by atoms with Crippen LogP contribution < -0.4 is 11.1 Å². The third kappa shape index (κ3) is 2.59. The first-order chi connectivity index (χ1) is 7.66. The maximum Gasteiger partial charge on any atom is 0.225 e. The normalized spacial score (nSPS) is 24.6. The number of aromatic nitrogens is 1. The van der Waals surface area contributed by atoms with Crippen molar-refractivity contribution in [1.82, 2.24) is 10.3 Å². The highest BCUT2D eigenvalue weighted by molar-refractivity contribution is 7.09. The van der Waals surface area contributed by atoms with E-state index in [1.807, 2.05) is 12.3 Å². The Morgan fingerprint density at radius 3 is 3.06 bits per heavy atom. The molecule has 1 aliphatic carbocycles. The molecule has 1 aromatic heterocycles. The lowest BCUT2D eigenvalue weighted by Crippen LogP contribution is -2.38. The lowest BCUT2D eigenvalue weighted by molar-refractivity contribution is -0.125. The van der Waals surface area contributed by atoms with Crippen LogP contribution in [0.15, 0.2) is 5.38 Å². The second kappa shape index (κ2) is 4.93. The zero-order chi connectivity index (χ0) is 11.5. The topological polar surface area (TPSA) is 68.0 Å². The first kappa shape index (κ1) is 11.5. The molecule has 0 aromatic carbocycles. The molecule has 5 heteroatoms. The lowest BCUT2D eigenvalue weighted by atomic mass is 10.0. The minimum atomic E-state index is 0.000981. The van der Waals surface area contributed by atoms with Gasteiger partial charge in [-0.2, -0.15) is 0 Å². The van der Waals surface area contributed by atoms with E-state index in [0.717, 1.165) is 30.0 Å². The molecular formula is C11H17N3OS. The van der Waals surface area contributed by atoms with Gasteiger partial charge >= 0.3 is 0 Å². The van der Waals surface area contributed by atoms with E-state index in [9.17, 15) is 4.79 Å². The van der Waals surface area contributed by atoms with Gasteiger partial charge in [-0.15, -0.1) is 11.3 Å². The number of carbonyl (C=O) groups is 1. The van der Waals surface area contributed by atoms with Crippen molar-refractivity contribution in [3.05, 3.63) is 16.1 Å². The fourth-order valence-corrected chi connectivity index (χ4v) is 2.80. The fraction of sp³-hybridized carbons (Fsp3) is 0.636. The summed E-state index contributed by atoms with van der Waals surface area (Å²) in [5, 5.41) is 5.86. The van der Waals surface area contributed by atoms with E-state index in [1.165, 1.54) is 0 Å². The molecule has 1 aromatic rings. The molecule has 1 aliphatic rings. The van der Waals surface area contributed by atoms with Gasteiger partial charge in [-0.05, 0) is 19.8 Å². The summed E-state index contributed by atoms with van der Waals surface area (Å²) in [4.78, 5) is 16.1. The predicted octanol–water partition coefficient (Wildman–Crippen LogP) is 1.20. The van der Waals surface area contributed by atoms with Crippen LogP contribution in [0.1, 0.15) is 30.0 Å². The number of aryl methyl sites for hydroxylation is 1. The monoisotopic (exact) mass is 239 g/mol. The van der Waals surface area contributed by atoms with Gasteiger partial charge in [0.05, 0.1) is 12.5 Å². The molecule has 1 saturated carbocycles. The van der Waals surface area contributed by atoms with Crippen LogP contribution >= 0.6 is 11.3 Å². The third-order valence-corrected chi connectivity index (χ3v) is 3.95. The van der Waals surface area contributed by atoms with Crippen LogP contribution in [-0.4, -0.2) is 16.9 Å². The van der Waals surface area contributed by atoms with Crippen molar-refractivity contribution in [2.75, 3.05) is 0 Å². The van der Waals surface area contributed by atoms with Crippen molar-refractivity contribution in [3.8, 4) is 0 Å². The molecule has 2 atom stereocenters. The largest absolute Gasteiger partial charge is 0.349 e. The Bertz CT molecular complexity index is 377. The number of hydrogen-bond donors (Lipinski definition) is 2. The maximum absolute atomic E-state index is 11.8. The summed E-state index contributed by atoms with van der Waals surface area (Å²) in [5.41, 5.74) is 6.89. The number of hydrogen-bond acceptors (Lipinski definition) is 4. The molecule has 0 radical (unpaired) electrons. The fourth-order valence-electron chi connectivity index (χ4n) is 2.09. The Labute approximate surface area is 99.3 Å². The number of rotatable bonds is 3. The van der Waals surface area contributed by atoms with Crippen LogP contribution in [0.5, 0.6) is 0 Å². The molecule has 0 spiro atoms. The van der Waals surface area contributed by atoms with Crippen LogP contribution in [-0.2, 0) is 11.3 Å². The number of nitrogens with one attached hydrogen (secondary N) is 1. The minimum absolute atomic E-state index is 0.000981. The first-order valence-electron chi connectivity index (χ1n) is 5.61. The minimum Gasteiger partial charge on any atom is -0.349 e. The standard InChI is InChI=1S/C11H17N3OS/c1-7-6-16-10(14-7)5-13-11(15)8-3-2-4-9(8)12/h6,8-9H,2-5,12H2,1H3,(H,13,15). The van der Waals surface area contributed by atoms with Crippen molar-refractivity contribution in [2.45, 2.75) is 38.8 Å². The number of carbonyl (C=O) groups excluding carboxylic acids is 1. The molecule has 1 fully saturated rings. The SMILES string of the molecule is Cc1csc(CNC(=O)C2CCCC2N)n1. The summed E-state index contributed by atoms with van der Waals surface area (Å²) >= 11 is 1.58. The maximum atomic E-state index is 11.8. The van der Waals surface area contributed by atoms with Gasteiger partial charge in [0.1, 0.15) is 5.01 Å². The van der Waals surface area contributed by atoms with Gasteiger partial charge in [0.2, 0.25) is 5.91 Å². The molecule has 0 saturated heterocycles. The number of nitrogens with zero attached hydrogens (tertiary/aromatic N) is 1. The van der Waals surface area contributed by atoms with Crippen LogP contribution in [0, 0.1) is 12.8 Å². The van der Waals surface area contributed by atoms with Crippen molar-refractivity contribution in [1.29, 1.82) is 0 Å². The van der Waals surface area contributed by atoms with E-state index in [-0.39, 0.29) is 17.9 Å². The van der Waals surface area contributed by atoms with E-state index < -0.39 is 0 Å². The first-order valence-corrected chi connectivity index (χ1v) is 6.49. The molecule has 2 rings (SSSR count). The van der Waals surface area contributed by atoms with Gasteiger partial charge in [-0.3, -0.25) is 4.79 Å². The molecular weight excluding hydrogens is 222 g/mol. The summed E-state index contributed by atoms with van der Waals surface area (Å²) in [6.45, 7) is 2.48. The Hall–Kier alpha value is -0.940. The molecule has 1 heterocycles. The van der Waals surface area contributed by atoms with E-state index >= 15 is 0 Å². The summed E-state index contributed by atoms with van der Waals surface area (Å²) in [6, 6.07) is 0.0398. The van der Waals surface area contributed by atoms with Crippen molar-refractivity contribution >= 4 is 17.2 Å². The summed E-state index contributed by atoms with van der Waals surface area (Å²) < 4.78 is 0. The Balaban J connectivity index is 1.83.